The van der Waals surface area contributed by atoms with Crippen LogP contribution in [-0.2, 0) is 11.2 Å². The molecule has 0 unspecified atom stereocenters. The minimum Gasteiger partial charge on any atom is -0.455 e. The van der Waals surface area contributed by atoms with Crippen LogP contribution in [0.15, 0.2) is 90.3 Å². The predicted octanol–water partition coefficient (Wildman–Crippen LogP) is 5.76. The van der Waals surface area contributed by atoms with Gasteiger partial charge in [-0.3, -0.25) is 10.1 Å². The molecule has 160 valence electrons. The van der Waals surface area contributed by atoms with Crippen molar-refractivity contribution in [2.24, 2.45) is 0 Å². The zero-order valence-electron chi connectivity index (χ0n) is 16.9. The maximum atomic E-state index is 12.6. The molecule has 0 radical (unpaired) electrons. The molecular weight excluding hydrogens is 424 g/mol. The fourth-order valence-electron chi connectivity index (χ4n) is 2.86. The molecule has 3 amide bonds. The number of para-hydroxylation sites is 4. The highest BCUT2D eigenvalue weighted by Crippen LogP contribution is 2.29. The Morgan fingerprint density at radius 3 is 2.28 bits per heavy atom. The van der Waals surface area contributed by atoms with Crippen LogP contribution < -0.4 is 20.7 Å². The van der Waals surface area contributed by atoms with E-state index in [1.54, 1.807) is 29.6 Å². The van der Waals surface area contributed by atoms with E-state index >= 15 is 0 Å². The Labute approximate surface area is 189 Å². The second kappa shape index (κ2) is 10.2. The monoisotopic (exact) mass is 444 g/mol. The van der Waals surface area contributed by atoms with Crippen LogP contribution in [0.25, 0.3) is 0 Å². The Kier molecular flexibility index (Phi) is 6.74. The molecule has 8 heteroatoms. The molecule has 3 aromatic carbocycles. The third-order valence-electron chi connectivity index (χ3n) is 4.28. The summed E-state index contributed by atoms with van der Waals surface area (Å²) in [6.45, 7) is 0. The molecule has 0 aliphatic rings. The van der Waals surface area contributed by atoms with E-state index in [1.165, 1.54) is 11.3 Å². The number of ether oxygens (including phenoxy) is 1. The summed E-state index contributed by atoms with van der Waals surface area (Å²) < 4.78 is 5.87. The van der Waals surface area contributed by atoms with Gasteiger partial charge in [0, 0.05) is 11.1 Å². The Morgan fingerprint density at radius 2 is 1.50 bits per heavy atom. The summed E-state index contributed by atoms with van der Waals surface area (Å²) in [4.78, 5) is 29.0. The van der Waals surface area contributed by atoms with Gasteiger partial charge in [0.1, 0.15) is 5.75 Å². The molecule has 0 fully saturated rings. The Bertz CT molecular complexity index is 1200. The quantitative estimate of drug-likeness (QED) is 0.338. The molecule has 4 aromatic rings. The molecule has 32 heavy (non-hydrogen) atoms. The van der Waals surface area contributed by atoms with Crippen molar-refractivity contribution in [3.8, 4) is 11.5 Å². The summed E-state index contributed by atoms with van der Waals surface area (Å²) in [5.41, 5.74) is 1.80. The van der Waals surface area contributed by atoms with Gasteiger partial charge in [0.2, 0.25) is 5.91 Å². The molecule has 0 atom stereocenters. The van der Waals surface area contributed by atoms with E-state index in [-0.39, 0.29) is 12.3 Å². The number of hydrogen-bond acceptors (Lipinski definition) is 5. The number of carbonyl (C=O) groups is 2. The molecule has 0 spiro atoms. The first-order chi connectivity index (χ1) is 15.7. The number of thiazole rings is 1. The molecule has 0 saturated heterocycles. The van der Waals surface area contributed by atoms with Crippen molar-refractivity contribution in [3.05, 3.63) is 96.0 Å². The van der Waals surface area contributed by atoms with Gasteiger partial charge in [0.05, 0.1) is 17.8 Å². The van der Waals surface area contributed by atoms with E-state index in [2.05, 4.69) is 20.9 Å². The summed E-state index contributed by atoms with van der Waals surface area (Å²) in [7, 11) is 0. The molecule has 0 aliphatic carbocycles. The van der Waals surface area contributed by atoms with Gasteiger partial charge in [-0.1, -0.05) is 48.5 Å². The molecular formula is C24H20N4O3S. The van der Waals surface area contributed by atoms with E-state index in [0.717, 1.165) is 0 Å². The second-order valence-electron chi connectivity index (χ2n) is 6.73. The number of urea groups is 1. The van der Waals surface area contributed by atoms with Gasteiger partial charge in [0.15, 0.2) is 10.9 Å². The zero-order chi connectivity index (χ0) is 22.2. The van der Waals surface area contributed by atoms with Gasteiger partial charge < -0.3 is 15.4 Å². The number of carbonyl (C=O) groups excluding carboxylic acids is 2. The predicted molar refractivity (Wildman–Crippen MR) is 126 cm³/mol. The number of rotatable bonds is 7. The smallest absolute Gasteiger partial charge is 0.325 e. The van der Waals surface area contributed by atoms with Crippen LogP contribution in [0, 0.1) is 0 Å². The minimum atomic E-state index is -0.395. The van der Waals surface area contributed by atoms with E-state index in [1.807, 2.05) is 60.7 Å². The van der Waals surface area contributed by atoms with Gasteiger partial charge in [-0.2, -0.15) is 0 Å². The van der Waals surface area contributed by atoms with Crippen LogP contribution in [-0.4, -0.2) is 16.9 Å². The molecule has 4 rings (SSSR count). The van der Waals surface area contributed by atoms with Gasteiger partial charge in [-0.25, -0.2) is 9.78 Å². The van der Waals surface area contributed by atoms with Crippen LogP contribution >= 0.6 is 11.3 Å². The minimum absolute atomic E-state index is 0.0676. The lowest BCUT2D eigenvalue weighted by atomic mass is 10.2. The number of nitrogens with one attached hydrogen (secondary N) is 3. The van der Waals surface area contributed by atoms with Crippen LogP contribution in [0.5, 0.6) is 11.5 Å². The first-order valence-corrected chi connectivity index (χ1v) is 10.7. The zero-order valence-corrected chi connectivity index (χ0v) is 17.8. The lowest BCUT2D eigenvalue weighted by Gasteiger charge is -2.11. The summed E-state index contributed by atoms with van der Waals surface area (Å²) >= 11 is 1.25. The highest BCUT2D eigenvalue weighted by Gasteiger charge is 2.12. The molecule has 1 aromatic heterocycles. The maximum absolute atomic E-state index is 12.6. The fraction of sp³-hybridized carbons (Fsp3) is 0.0417. The summed E-state index contributed by atoms with van der Waals surface area (Å²) in [6.07, 6.45) is 0.0676. The summed E-state index contributed by atoms with van der Waals surface area (Å²) in [5.74, 6) is 0.989. The van der Waals surface area contributed by atoms with Crippen molar-refractivity contribution in [2.45, 2.75) is 6.42 Å². The number of anilines is 3. The van der Waals surface area contributed by atoms with E-state index in [0.29, 0.717) is 33.7 Å². The maximum Gasteiger partial charge on any atom is 0.325 e. The highest BCUT2D eigenvalue weighted by molar-refractivity contribution is 7.14. The van der Waals surface area contributed by atoms with Crippen molar-refractivity contribution >= 4 is 39.8 Å². The Balaban J connectivity index is 1.33. The normalized spacial score (nSPS) is 10.2. The third-order valence-corrected chi connectivity index (χ3v) is 5.08. The highest BCUT2D eigenvalue weighted by atomic mass is 32.1. The summed E-state index contributed by atoms with van der Waals surface area (Å²) in [5, 5.41) is 10.4. The average Bonchev–Trinajstić information content (AvgIpc) is 3.22. The largest absolute Gasteiger partial charge is 0.455 e. The Morgan fingerprint density at radius 1 is 0.812 bits per heavy atom. The molecule has 7 nitrogen and oxygen atoms in total. The third kappa shape index (κ3) is 5.93. The van der Waals surface area contributed by atoms with Crippen LogP contribution in [0.1, 0.15) is 5.69 Å². The van der Waals surface area contributed by atoms with Crippen molar-refractivity contribution in [3.63, 3.8) is 0 Å². The molecule has 1 heterocycles. The van der Waals surface area contributed by atoms with Crippen molar-refractivity contribution in [2.75, 3.05) is 16.0 Å². The first kappa shape index (κ1) is 21.1. The standard InChI is InChI=1S/C24H20N4O3S/c29-22(27-20-13-7-8-14-21(20)31-19-11-5-2-6-12-19)15-18-16-32-24(26-18)28-23(30)25-17-9-3-1-4-10-17/h1-14,16H,15H2,(H,27,29)(H2,25,26,28,30). The lowest BCUT2D eigenvalue weighted by Crippen LogP contribution is -2.19. The SMILES string of the molecule is O=C(Cc1csc(NC(=O)Nc2ccccc2)n1)Nc1ccccc1Oc1ccccc1. The fourth-order valence-corrected chi connectivity index (χ4v) is 3.57. The van der Waals surface area contributed by atoms with Gasteiger partial charge in [0.25, 0.3) is 0 Å². The van der Waals surface area contributed by atoms with Crippen molar-refractivity contribution in [1.29, 1.82) is 0 Å². The molecule has 0 saturated carbocycles. The van der Waals surface area contributed by atoms with Crippen LogP contribution in [0.3, 0.4) is 0 Å². The van der Waals surface area contributed by atoms with Crippen LogP contribution in [0.2, 0.25) is 0 Å². The van der Waals surface area contributed by atoms with E-state index in [4.69, 9.17) is 4.74 Å². The van der Waals surface area contributed by atoms with Crippen molar-refractivity contribution in [1.82, 2.24) is 4.98 Å². The number of aromatic nitrogens is 1. The van der Waals surface area contributed by atoms with Gasteiger partial charge >= 0.3 is 6.03 Å². The molecule has 0 aliphatic heterocycles. The summed E-state index contributed by atoms with van der Waals surface area (Å²) in [6, 6.07) is 25.3. The van der Waals surface area contributed by atoms with Gasteiger partial charge in [-0.05, 0) is 36.4 Å². The van der Waals surface area contributed by atoms with Crippen LogP contribution in [0.4, 0.5) is 21.3 Å². The first-order valence-electron chi connectivity index (χ1n) is 9.85. The topological polar surface area (TPSA) is 92.4 Å². The Hall–Kier alpha value is -4.17. The molecule has 0 bridgehead atoms. The number of amides is 3. The van der Waals surface area contributed by atoms with E-state index < -0.39 is 6.03 Å². The second-order valence-corrected chi connectivity index (χ2v) is 7.58. The number of benzene rings is 3. The van der Waals surface area contributed by atoms with E-state index in [9.17, 15) is 9.59 Å². The van der Waals surface area contributed by atoms with Gasteiger partial charge in [-0.15, -0.1) is 11.3 Å². The lowest BCUT2D eigenvalue weighted by molar-refractivity contribution is -0.115. The number of hydrogen-bond donors (Lipinski definition) is 3. The average molecular weight is 445 g/mol. The molecule has 3 N–H and O–H groups in total. The number of nitrogens with zero attached hydrogens (tertiary/aromatic N) is 1. The van der Waals surface area contributed by atoms with Crippen molar-refractivity contribution < 1.29 is 14.3 Å².